The zero-order valence-electron chi connectivity index (χ0n) is 15.0. The third kappa shape index (κ3) is 3.76. The van der Waals surface area contributed by atoms with Gasteiger partial charge in [-0.3, -0.25) is 4.57 Å². The zero-order valence-corrected chi connectivity index (χ0v) is 15.0. The highest BCUT2D eigenvalue weighted by molar-refractivity contribution is 5.93. The molecule has 3 aromatic rings. The van der Waals surface area contributed by atoms with Gasteiger partial charge in [0.1, 0.15) is 6.04 Å². The van der Waals surface area contributed by atoms with Crippen LogP contribution >= 0.6 is 0 Å². The molecule has 0 aliphatic rings. The molecular weight excluding hydrogens is 350 g/mol. The van der Waals surface area contributed by atoms with Gasteiger partial charge in [0.15, 0.2) is 5.58 Å². The van der Waals surface area contributed by atoms with Gasteiger partial charge in [-0.05, 0) is 43.5 Å². The van der Waals surface area contributed by atoms with Crippen LogP contribution in [-0.2, 0) is 16.0 Å². The van der Waals surface area contributed by atoms with E-state index in [1.54, 1.807) is 0 Å². The van der Waals surface area contributed by atoms with Crippen LogP contribution in [0.2, 0.25) is 0 Å². The van der Waals surface area contributed by atoms with Gasteiger partial charge < -0.3 is 14.3 Å². The molecule has 0 bridgehead atoms. The average Bonchev–Trinajstić information content (AvgIpc) is 2.97. The summed E-state index contributed by atoms with van der Waals surface area (Å²) in [5, 5.41) is 9.66. The predicted octanol–water partition coefficient (Wildman–Crippen LogP) is 2.95. The second-order valence-electron chi connectivity index (χ2n) is 6.29. The van der Waals surface area contributed by atoms with Crippen molar-refractivity contribution >= 4 is 23.0 Å². The number of carboxylic acid groups (broad SMARTS) is 1. The van der Waals surface area contributed by atoms with Crippen LogP contribution in [0.4, 0.5) is 0 Å². The van der Waals surface area contributed by atoms with Crippen molar-refractivity contribution < 1.29 is 23.8 Å². The molecule has 1 aromatic heterocycles. The highest BCUT2D eigenvalue weighted by atomic mass is 16.5. The Morgan fingerprint density at radius 2 is 1.89 bits per heavy atom. The van der Waals surface area contributed by atoms with Crippen LogP contribution < -0.4 is 5.76 Å². The van der Waals surface area contributed by atoms with Crippen molar-refractivity contribution in [1.29, 1.82) is 0 Å². The van der Waals surface area contributed by atoms with Gasteiger partial charge in [0.2, 0.25) is 0 Å². The van der Waals surface area contributed by atoms with Crippen LogP contribution in [-0.4, -0.2) is 28.7 Å². The van der Waals surface area contributed by atoms with Crippen LogP contribution in [0.3, 0.4) is 0 Å². The number of hydrogen-bond acceptors (Lipinski definition) is 5. The highest BCUT2D eigenvalue weighted by Gasteiger charge is 2.25. The van der Waals surface area contributed by atoms with E-state index in [9.17, 15) is 19.5 Å². The second-order valence-corrected chi connectivity index (χ2v) is 6.29. The minimum atomic E-state index is -1.12. The minimum Gasteiger partial charge on any atom is -0.480 e. The largest absolute Gasteiger partial charge is 0.480 e. The lowest BCUT2D eigenvalue weighted by Gasteiger charge is -2.13. The standard InChI is InChI=1S/C20H19NO6/c1-12-3-5-13(6-4-12)7-9-16(18(22)23)21-15-10-8-14(19(24)26-2)11-17(15)27-20(21)25/h3-6,8,10-11,16H,7,9H2,1-2H3,(H,22,23). The fourth-order valence-electron chi connectivity index (χ4n) is 3.00. The number of carbonyl (C=O) groups is 2. The Morgan fingerprint density at radius 3 is 2.52 bits per heavy atom. The number of nitrogens with zero attached hydrogens (tertiary/aromatic N) is 1. The van der Waals surface area contributed by atoms with Crippen molar-refractivity contribution in [2.75, 3.05) is 7.11 Å². The summed E-state index contributed by atoms with van der Waals surface area (Å²) in [4.78, 5) is 35.8. The Balaban J connectivity index is 1.95. The third-order valence-electron chi connectivity index (χ3n) is 4.46. The van der Waals surface area contributed by atoms with E-state index in [-0.39, 0.29) is 17.6 Å². The van der Waals surface area contributed by atoms with Crippen LogP contribution in [0.1, 0.15) is 33.9 Å². The number of oxazole rings is 1. The monoisotopic (exact) mass is 369 g/mol. The first-order valence-electron chi connectivity index (χ1n) is 8.42. The lowest BCUT2D eigenvalue weighted by atomic mass is 10.0. The van der Waals surface area contributed by atoms with E-state index in [4.69, 9.17) is 4.42 Å². The van der Waals surface area contributed by atoms with Gasteiger partial charge in [-0.15, -0.1) is 0 Å². The predicted molar refractivity (Wildman–Crippen MR) is 98.0 cm³/mol. The van der Waals surface area contributed by atoms with E-state index >= 15 is 0 Å². The van der Waals surface area contributed by atoms with Crippen LogP contribution in [0.25, 0.3) is 11.1 Å². The van der Waals surface area contributed by atoms with E-state index in [2.05, 4.69) is 4.74 Å². The van der Waals surface area contributed by atoms with Crippen molar-refractivity contribution in [3.05, 3.63) is 69.7 Å². The molecular formula is C20H19NO6. The summed E-state index contributed by atoms with van der Waals surface area (Å²) in [7, 11) is 1.25. The fourth-order valence-corrected chi connectivity index (χ4v) is 3.00. The molecule has 27 heavy (non-hydrogen) atoms. The summed E-state index contributed by atoms with van der Waals surface area (Å²) >= 11 is 0. The molecule has 0 fully saturated rings. The van der Waals surface area contributed by atoms with Gasteiger partial charge in [0.25, 0.3) is 0 Å². The van der Waals surface area contributed by atoms with E-state index in [0.29, 0.717) is 11.9 Å². The number of aliphatic carboxylic acids is 1. The quantitative estimate of drug-likeness (QED) is 0.671. The number of aryl methyl sites for hydroxylation is 2. The fraction of sp³-hybridized carbons (Fsp3) is 0.250. The average molecular weight is 369 g/mol. The molecule has 2 aromatic carbocycles. The van der Waals surface area contributed by atoms with Gasteiger partial charge in [0, 0.05) is 0 Å². The Morgan fingerprint density at radius 1 is 1.19 bits per heavy atom. The minimum absolute atomic E-state index is 0.143. The highest BCUT2D eigenvalue weighted by Crippen LogP contribution is 2.23. The first-order chi connectivity index (χ1) is 12.9. The molecule has 0 aliphatic heterocycles. The number of carboxylic acids is 1. The molecule has 0 radical (unpaired) electrons. The van der Waals surface area contributed by atoms with Gasteiger partial charge in [-0.25, -0.2) is 14.4 Å². The molecule has 0 saturated carbocycles. The number of benzene rings is 2. The topological polar surface area (TPSA) is 98.7 Å². The summed E-state index contributed by atoms with van der Waals surface area (Å²) < 4.78 is 10.9. The molecule has 0 spiro atoms. The number of esters is 1. The summed E-state index contributed by atoms with van der Waals surface area (Å²) in [6.07, 6.45) is 0.724. The molecule has 1 N–H and O–H groups in total. The Bertz CT molecular complexity index is 1040. The molecule has 140 valence electrons. The van der Waals surface area contributed by atoms with Crippen molar-refractivity contribution in [3.63, 3.8) is 0 Å². The maximum absolute atomic E-state index is 12.3. The number of fused-ring (bicyclic) bond motifs is 1. The molecule has 1 heterocycles. The van der Waals surface area contributed by atoms with E-state index < -0.39 is 23.7 Å². The first-order valence-corrected chi connectivity index (χ1v) is 8.42. The molecule has 1 unspecified atom stereocenters. The van der Waals surface area contributed by atoms with E-state index in [0.717, 1.165) is 15.7 Å². The lowest BCUT2D eigenvalue weighted by molar-refractivity contribution is -0.141. The Hall–Kier alpha value is -3.35. The van der Waals surface area contributed by atoms with Crippen LogP contribution in [0, 0.1) is 6.92 Å². The summed E-state index contributed by atoms with van der Waals surface area (Å²) in [5.74, 6) is -2.46. The number of carbonyl (C=O) groups excluding carboxylic acids is 1. The first kappa shape index (κ1) is 18.4. The number of hydrogen-bond donors (Lipinski definition) is 1. The van der Waals surface area contributed by atoms with Crippen molar-refractivity contribution in [3.8, 4) is 0 Å². The number of methoxy groups -OCH3 is 1. The molecule has 7 heteroatoms. The summed E-state index contributed by atoms with van der Waals surface area (Å²) in [6.45, 7) is 1.98. The third-order valence-corrected chi connectivity index (χ3v) is 4.46. The molecule has 0 saturated heterocycles. The summed E-state index contributed by atoms with van der Waals surface area (Å²) in [6, 6.07) is 11.0. The number of ether oxygens (including phenoxy) is 1. The van der Waals surface area contributed by atoms with Gasteiger partial charge in [-0.2, -0.15) is 0 Å². The molecule has 7 nitrogen and oxygen atoms in total. The maximum Gasteiger partial charge on any atom is 0.420 e. The normalized spacial score (nSPS) is 12.1. The van der Waals surface area contributed by atoms with E-state index in [1.165, 1.54) is 25.3 Å². The van der Waals surface area contributed by atoms with Gasteiger partial charge in [-0.1, -0.05) is 29.8 Å². The van der Waals surface area contributed by atoms with Gasteiger partial charge in [0.05, 0.1) is 18.2 Å². The van der Waals surface area contributed by atoms with Crippen molar-refractivity contribution in [2.45, 2.75) is 25.8 Å². The SMILES string of the molecule is COC(=O)c1ccc2c(c1)oc(=O)n2C(CCc1ccc(C)cc1)C(=O)O. The maximum atomic E-state index is 12.3. The van der Waals surface area contributed by atoms with Gasteiger partial charge >= 0.3 is 17.7 Å². The second kappa shape index (κ2) is 7.49. The van der Waals surface area contributed by atoms with E-state index in [1.807, 2.05) is 31.2 Å². The molecule has 0 aliphatic carbocycles. The lowest BCUT2D eigenvalue weighted by Crippen LogP contribution is -2.27. The zero-order chi connectivity index (χ0) is 19.6. The van der Waals surface area contributed by atoms with Crippen molar-refractivity contribution in [1.82, 2.24) is 4.57 Å². The Labute approximate surface area is 154 Å². The number of rotatable bonds is 6. The Kier molecular flexibility index (Phi) is 5.12. The molecule has 3 rings (SSSR count). The molecule has 1 atom stereocenters. The summed E-state index contributed by atoms with van der Waals surface area (Å²) in [5.41, 5.74) is 2.79. The number of aromatic nitrogens is 1. The van der Waals surface area contributed by atoms with Crippen LogP contribution in [0.15, 0.2) is 51.7 Å². The van der Waals surface area contributed by atoms with Crippen LogP contribution in [0.5, 0.6) is 0 Å². The molecule has 0 amide bonds. The van der Waals surface area contributed by atoms with Crippen molar-refractivity contribution in [2.24, 2.45) is 0 Å². The smallest absolute Gasteiger partial charge is 0.420 e.